The van der Waals surface area contributed by atoms with Gasteiger partial charge in [-0.25, -0.2) is 0 Å². The Hall–Kier alpha value is -1.06. The number of amides is 1. The minimum Gasteiger partial charge on any atom is -0.383 e. The van der Waals surface area contributed by atoms with E-state index in [9.17, 15) is 4.79 Å². The third kappa shape index (κ3) is 3.51. The Balaban J connectivity index is 2.82. The Kier molecular flexibility index (Phi) is 5.29. The molecule has 1 amide bonds. The zero-order chi connectivity index (χ0) is 12.0. The second-order valence-electron chi connectivity index (χ2n) is 3.51. The molecule has 0 aliphatic rings. The number of nitrogens with zero attached hydrogens (tertiary/aromatic N) is 1. The van der Waals surface area contributed by atoms with E-state index >= 15 is 0 Å². The number of hydrogen-bond acceptors (Lipinski definition) is 2. The summed E-state index contributed by atoms with van der Waals surface area (Å²) in [6.45, 7) is 3.02. The third-order valence-corrected chi connectivity index (χ3v) is 2.51. The standard InChI is InChI=1S/C12H16ClNO2/c1-10-3-5-11(6-4-10)14(7-8-16-2)12(15)9-13/h3-6H,7-9H2,1-2H3. The highest BCUT2D eigenvalue weighted by atomic mass is 35.5. The summed E-state index contributed by atoms with van der Waals surface area (Å²) >= 11 is 5.57. The molecule has 0 saturated heterocycles. The van der Waals surface area contributed by atoms with Crippen molar-refractivity contribution < 1.29 is 9.53 Å². The van der Waals surface area contributed by atoms with Crippen molar-refractivity contribution in [3.63, 3.8) is 0 Å². The molecule has 0 saturated carbocycles. The molecule has 1 aromatic carbocycles. The topological polar surface area (TPSA) is 29.5 Å². The number of aryl methyl sites for hydroxylation is 1. The molecule has 88 valence electrons. The van der Waals surface area contributed by atoms with E-state index in [2.05, 4.69) is 0 Å². The summed E-state index contributed by atoms with van der Waals surface area (Å²) in [6.07, 6.45) is 0. The Morgan fingerprint density at radius 2 is 2.00 bits per heavy atom. The summed E-state index contributed by atoms with van der Waals surface area (Å²) < 4.78 is 4.98. The molecule has 16 heavy (non-hydrogen) atoms. The maximum atomic E-state index is 11.6. The number of alkyl halides is 1. The van der Waals surface area contributed by atoms with E-state index in [1.54, 1.807) is 12.0 Å². The molecule has 3 nitrogen and oxygen atoms in total. The van der Waals surface area contributed by atoms with E-state index in [4.69, 9.17) is 16.3 Å². The highest BCUT2D eigenvalue weighted by molar-refractivity contribution is 6.29. The SMILES string of the molecule is COCCN(C(=O)CCl)c1ccc(C)cc1. The van der Waals surface area contributed by atoms with Crippen LogP contribution in [0.5, 0.6) is 0 Å². The van der Waals surface area contributed by atoms with Crippen LogP contribution in [0.3, 0.4) is 0 Å². The molecule has 0 radical (unpaired) electrons. The van der Waals surface area contributed by atoms with Gasteiger partial charge in [-0.15, -0.1) is 11.6 Å². The van der Waals surface area contributed by atoms with Gasteiger partial charge in [0.05, 0.1) is 6.61 Å². The summed E-state index contributed by atoms with van der Waals surface area (Å²) in [5.41, 5.74) is 2.02. The largest absolute Gasteiger partial charge is 0.383 e. The number of ether oxygens (including phenoxy) is 1. The Morgan fingerprint density at radius 1 is 1.38 bits per heavy atom. The molecule has 0 atom stereocenters. The van der Waals surface area contributed by atoms with Crippen molar-refractivity contribution in [1.82, 2.24) is 0 Å². The molecule has 1 aromatic rings. The van der Waals surface area contributed by atoms with Gasteiger partial charge in [0.25, 0.3) is 0 Å². The van der Waals surface area contributed by atoms with E-state index in [1.165, 1.54) is 0 Å². The molecule has 0 N–H and O–H groups in total. The average molecular weight is 242 g/mol. The lowest BCUT2D eigenvalue weighted by atomic mass is 10.2. The summed E-state index contributed by atoms with van der Waals surface area (Å²) in [6, 6.07) is 7.76. The maximum absolute atomic E-state index is 11.6. The van der Waals surface area contributed by atoms with Crippen LogP contribution in [-0.4, -0.2) is 32.0 Å². The molecule has 4 heteroatoms. The van der Waals surface area contributed by atoms with Crippen molar-refractivity contribution in [2.24, 2.45) is 0 Å². The smallest absolute Gasteiger partial charge is 0.241 e. The first kappa shape index (κ1) is 13.0. The minimum absolute atomic E-state index is 0.0163. The molecular formula is C12H16ClNO2. The number of anilines is 1. The van der Waals surface area contributed by atoms with Gasteiger partial charge in [0.1, 0.15) is 5.88 Å². The second kappa shape index (κ2) is 6.51. The molecular weight excluding hydrogens is 226 g/mol. The van der Waals surface area contributed by atoms with E-state index in [0.29, 0.717) is 13.2 Å². The summed E-state index contributed by atoms with van der Waals surface area (Å²) in [4.78, 5) is 13.3. The number of halogens is 1. The zero-order valence-corrected chi connectivity index (χ0v) is 10.3. The number of benzene rings is 1. The van der Waals surface area contributed by atoms with Crippen LogP contribution in [0.2, 0.25) is 0 Å². The van der Waals surface area contributed by atoms with Gasteiger partial charge < -0.3 is 9.64 Å². The molecule has 0 heterocycles. The molecule has 0 spiro atoms. The first-order chi connectivity index (χ1) is 7.69. The number of rotatable bonds is 5. The Labute approximate surface area is 101 Å². The lowest BCUT2D eigenvalue weighted by Gasteiger charge is -2.21. The fourth-order valence-corrected chi connectivity index (χ4v) is 1.52. The minimum atomic E-state index is -0.109. The summed E-state index contributed by atoms with van der Waals surface area (Å²) in [5.74, 6) is -0.125. The average Bonchev–Trinajstić information content (AvgIpc) is 2.31. The van der Waals surface area contributed by atoms with Crippen LogP contribution in [-0.2, 0) is 9.53 Å². The number of hydrogen-bond donors (Lipinski definition) is 0. The second-order valence-corrected chi connectivity index (χ2v) is 3.77. The predicted molar refractivity (Wildman–Crippen MR) is 66.1 cm³/mol. The first-order valence-electron chi connectivity index (χ1n) is 5.11. The van der Waals surface area contributed by atoms with Gasteiger partial charge in [-0.2, -0.15) is 0 Å². The molecule has 0 bridgehead atoms. The molecule has 1 rings (SSSR count). The highest BCUT2D eigenvalue weighted by Gasteiger charge is 2.13. The van der Waals surface area contributed by atoms with Crippen molar-refractivity contribution in [1.29, 1.82) is 0 Å². The van der Waals surface area contributed by atoms with Crippen LogP contribution in [0.25, 0.3) is 0 Å². The van der Waals surface area contributed by atoms with Crippen LogP contribution in [0.4, 0.5) is 5.69 Å². The Morgan fingerprint density at radius 3 is 2.50 bits per heavy atom. The van der Waals surface area contributed by atoms with Crippen LogP contribution in [0.15, 0.2) is 24.3 Å². The maximum Gasteiger partial charge on any atom is 0.241 e. The van der Waals surface area contributed by atoms with E-state index < -0.39 is 0 Å². The summed E-state index contributed by atoms with van der Waals surface area (Å²) in [7, 11) is 1.61. The van der Waals surface area contributed by atoms with Crippen molar-refractivity contribution >= 4 is 23.2 Å². The van der Waals surface area contributed by atoms with Gasteiger partial charge in [-0.3, -0.25) is 4.79 Å². The lowest BCUT2D eigenvalue weighted by Crippen LogP contribution is -2.34. The van der Waals surface area contributed by atoms with E-state index in [1.807, 2.05) is 31.2 Å². The summed E-state index contributed by atoms with van der Waals surface area (Å²) in [5, 5.41) is 0. The third-order valence-electron chi connectivity index (χ3n) is 2.28. The fraction of sp³-hybridized carbons (Fsp3) is 0.417. The molecule has 0 unspecified atom stereocenters. The highest BCUT2D eigenvalue weighted by Crippen LogP contribution is 2.15. The van der Waals surface area contributed by atoms with Gasteiger partial charge >= 0.3 is 0 Å². The number of carbonyl (C=O) groups is 1. The van der Waals surface area contributed by atoms with Crippen LogP contribution >= 0.6 is 11.6 Å². The van der Waals surface area contributed by atoms with Crippen LogP contribution in [0.1, 0.15) is 5.56 Å². The van der Waals surface area contributed by atoms with Gasteiger partial charge in [0.15, 0.2) is 0 Å². The normalized spacial score (nSPS) is 10.2. The van der Waals surface area contributed by atoms with Gasteiger partial charge in [0, 0.05) is 19.3 Å². The van der Waals surface area contributed by atoms with Crippen molar-refractivity contribution in [3.8, 4) is 0 Å². The van der Waals surface area contributed by atoms with E-state index in [0.717, 1.165) is 11.3 Å². The first-order valence-corrected chi connectivity index (χ1v) is 5.64. The van der Waals surface area contributed by atoms with Gasteiger partial charge in [-0.05, 0) is 19.1 Å². The Bertz CT molecular complexity index is 337. The van der Waals surface area contributed by atoms with E-state index in [-0.39, 0.29) is 11.8 Å². The number of methoxy groups -OCH3 is 1. The zero-order valence-electron chi connectivity index (χ0n) is 9.57. The van der Waals surface area contributed by atoms with Crippen LogP contribution in [0, 0.1) is 6.92 Å². The number of carbonyl (C=O) groups excluding carboxylic acids is 1. The fourth-order valence-electron chi connectivity index (χ4n) is 1.38. The molecule has 0 aromatic heterocycles. The van der Waals surface area contributed by atoms with Crippen molar-refractivity contribution in [3.05, 3.63) is 29.8 Å². The van der Waals surface area contributed by atoms with Crippen molar-refractivity contribution in [2.75, 3.05) is 31.0 Å². The lowest BCUT2D eigenvalue weighted by molar-refractivity contribution is -0.116. The molecule has 0 fully saturated rings. The van der Waals surface area contributed by atoms with Gasteiger partial charge in [0.2, 0.25) is 5.91 Å². The van der Waals surface area contributed by atoms with Crippen molar-refractivity contribution in [2.45, 2.75) is 6.92 Å². The van der Waals surface area contributed by atoms with Gasteiger partial charge in [-0.1, -0.05) is 17.7 Å². The molecule has 0 aliphatic carbocycles. The molecule has 0 aliphatic heterocycles. The quantitative estimate of drug-likeness (QED) is 0.740. The predicted octanol–water partition coefficient (Wildman–Crippen LogP) is 2.21. The van der Waals surface area contributed by atoms with Crippen LogP contribution < -0.4 is 4.90 Å². The monoisotopic (exact) mass is 241 g/mol.